The van der Waals surface area contributed by atoms with E-state index in [4.69, 9.17) is 4.74 Å². The van der Waals surface area contributed by atoms with E-state index in [2.05, 4.69) is 10.4 Å². The maximum absolute atomic E-state index is 9.50. The van der Waals surface area contributed by atoms with Gasteiger partial charge in [0.15, 0.2) is 0 Å². The molecule has 0 atom stereocenters. The summed E-state index contributed by atoms with van der Waals surface area (Å²) in [4.78, 5) is 0.906. The molecule has 21 heavy (non-hydrogen) atoms. The normalized spacial score (nSPS) is 10.1. The van der Waals surface area contributed by atoms with Crippen molar-refractivity contribution >= 4 is 11.5 Å². The Kier molecular flexibility index (Phi) is 3.67. The van der Waals surface area contributed by atoms with Crippen LogP contribution < -0.4 is 4.74 Å². The maximum atomic E-state index is 9.50. The molecule has 3 nitrogen and oxygen atoms in total. The lowest BCUT2D eigenvalue weighted by atomic mass is 10.0. The molecule has 0 unspecified atom stereocenters. The molecule has 4 heteroatoms. The van der Waals surface area contributed by atoms with E-state index >= 15 is 0 Å². The highest BCUT2D eigenvalue weighted by atomic mass is 32.1. The number of rotatable bonds is 3. The van der Waals surface area contributed by atoms with E-state index < -0.39 is 0 Å². The number of ether oxygens (including phenoxy) is 1. The second kappa shape index (κ2) is 5.78. The summed E-state index contributed by atoms with van der Waals surface area (Å²) in [7, 11) is 1.63. The SMILES string of the molecule is COc1ccc(-c2nsc(-c3ccccc3)c2C#N)cc1. The summed E-state index contributed by atoms with van der Waals surface area (Å²) < 4.78 is 9.62. The topological polar surface area (TPSA) is 45.9 Å². The van der Waals surface area contributed by atoms with Crippen LogP contribution in [0, 0.1) is 11.3 Å². The first-order valence-corrected chi connectivity index (χ1v) is 7.20. The average molecular weight is 292 g/mol. The maximum Gasteiger partial charge on any atom is 0.118 e. The van der Waals surface area contributed by atoms with Crippen LogP contribution in [0.15, 0.2) is 54.6 Å². The molecule has 0 amide bonds. The van der Waals surface area contributed by atoms with Gasteiger partial charge in [0.25, 0.3) is 0 Å². The molecule has 0 aliphatic heterocycles. The average Bonchev–Trinajstić information content (AvgIpc) is 2.99. The Morgan fingerprint density at radius 2 is 1.71 bits per heavy atom. The van der Waals surface area contributed by atoms with Crippen molar-refractivity contribution in [3.8, 4) is 33.5 Å². The third-order valence-electron chi connectivity index (χ3n) is 3.20. The molecule has 0 aliphatic carbocycles. The molecular weight excluding hydrogens is 280 g/mol. The Bertz CT molecular complexity index is 786. The second-order valence-electron chi connectivity index (χ2n) is 4.44. The third kappa shape index (κ3) is 2.51. The third-order valence-corrected chi connectivity index (χ3v) is 4.10. The van der Waals surface area contributed by atoms with E-state index in [-0.39, 0.29) is 0 Å². The van der Waals surface area contributed by atoms with E-state index in [1.807, 2.05) is 54.6 Å². The molecule has 2 aromatic carbocycles. The Balaban J connectivity index is 2.08. The Labute approximate surface area is 127 Å². The highest BCUT2D eigenvalue weighted by Crippen LogP contribution is 2.35. The van der Waals surface area contributed by atoms with Gasteiger partial charge in [-0.1, -0.05) is 30.3 Å². The number of hydrogen-bond donors (Lipinski definition) is 0. The molecule has 1 heterocycles. The minimum absolute atomic E-state index is 0.622. The number of nitrogens with zero attached hydrogens (tertiary/aromatic N) is 2. The van der Waals surface area contributed by atoms with Crippen LogP contribution in [0.2, 0.25) is 0 Å². The molecule has 0 spiro atoms. The number of methoxy groups -OCH3 is 1. The van der Waals surface area contributed by atoms with Crippen molar-refractivity contribution in [2.45, 2.75) is 0 Å². The van der Waals surface area contributed by atoms with E-state index in [1.54, 1.807) is 7.11 Å². The van der Waals surface area contributed by atoms with Crippen LogP contribution in [0.1, 0.15) is 5.56 Å². The number of aromatic nitrogens is 1. The van der Waals surface area contributed by atoms with Crippen LogP contribution in [-0.4, -0.2) is 11.5 Å². The molecule has 0 fully saturated rings. The fourth-order valence-electron chi connectivity index (χ4n) is 2.13. The lowest BCUT2D eigenvalue weighted by molar-refractivity contribution is 0.415. The molecule has 3 aromatic rings. The van der Waals surface area contributed by atoms with Crippen LogP contribution in [0.25, 0.3) is 21.7 Å². The lowest BCUT2D eigenvalue weighted by Crippen LogP contribution is -1.85. The molecule has 0 saturated carbocycles. The zero-order valence-corrected chi connectivity index (χ0v) is 12.2. The largest absolute Gasteiger partial charge is 0.497 e. The summed E-state index contributed by atoms with van der Waals surface area (Å²) in [6.45, 7) is 0. The minimum Gasteiger partial charge on any atom is -0.497 e. The number of nitriles is 1. The van der Waals surface area contributed by atoms with Gasteiger partial charge in [0, 0.05) is 5.56 Å². The van der Waals surface area contributed by atoms with Gasteiger partial charge in [-0.15, -0.1) is 0 Å². The van der Waals surface area contributed by atoms with Crippen molar-refractivity contribution in [1.29, 1.82) is 5.26 Å². The summed E-state index contributed by atoms with van der Waals surface area (Å²) >= 11 is 1.35. The number of benzene rings is 2. The monoisotopic (exact) mass is 292 g/mol. The predicted octanol–water partition coefficient (Wildman–Crippen LogP) is 4.36. The van der Waals surface area contributed by atoms with Gasteiger partial charge in [-0.05, 0) is 41.4 Å². The van der Waals surface area contributed by atoms with Gasteiger partial charge in [-0.3, -0.25) is 0 Å². The van der Waals surface area contributed by atoms with Gasteiger partial charge in [-0.2, -0.15) is 9.64 Å². The van der Waals surface area contributed by atoms with E-state index in [0.29, 0.717) is 5.56 Å². The summed E-state index contributed by atoms with van der Waals surface area (Å²) in [6, 6.07) is 19.7. The molecular formula is C17H12N2OS. The van der Waals surface area contributed by atoms with Crippen LogP contribution >= 0.6 is 11.5 Å². The summed E-state index contributed by atoms with van der Waals surface area (Å²) in [5.74, 6) is 0.788. The molecule has 0 bridgehead atoms. The first-order valence-electron chi connectivity index (χ1n) is 6.43. The van der Waals surface area contributed by atoms with Crippen LogP contribution in [0.4, 0.5) is 0 Å². The van der Waals surface area contributed by atoms with E-state index in [1.165, 1.54) is 11.5 Å². The Hall–Kier alpha value is -2.64. The zero-order valence-electron chi connectivity index (χ0n) is 11.4. The summed E-state index contributed by atoms with van der Waals surface area (Å²) in [6.07, 6.45) is 0. The van der Waals surface area contributed by atoms with Gasteiger partial charge in [-0.25, -0.2) is 0 Å². The van der Waals surface area contributed by atoms with Crippen molar-refractivity contribution in [2.75, 3.05) is 7.11 Å². The highest BCUT2D eigenvalue weighted by Gasteiger charge is 2.16. The molecule has 1 aromatic heterocycles. The van der Waals surface area contributed by atoms with Crippen molar-refractivity contribution in [2.24, 2.45) is 0 Å². The Morgan fingerprint density at radius 3 is 2.33 bits per heavy atom. The number of hydrogen-bond acceptors (Lipinski definition) is 4. The van der Waals surface area contributed by atoms with Gasteiger partial charge < -0.3 is 4.74 Å². The standard InChI is InChI=1S/C17H12N2OS/c1-20-14-9-7-12(8-10-14)16-15(11-18)17(21-19-16)13-5-3-2-4-6-13/h2-10H,1H3. The van der Waals surface area contributed by atoms with Crippen molar-refractivity contribution < 1.29 is 4.74 Å². The highest BCUT2D eigenvalue weighted by molar-refractivity contribution is 7.10. The van der Waals surface area contributed by atoms with Gasteiger partial charge >= 0.3 is 0 Å². The van der Waals surface area contributed by atoms with Gasteiger partial charge in [0.05, 0.1) is 17.6 Å². The first-order chi connectivity index (χ1) is 10.3. The second-order valence-corrected chi connectivity index (χ2v) is 5.22. The van der Waals surface area contributed by atoms with Crippen molar-refractivity contribution in [3.63, 3.8) is 0 Å². The predicted molar refractivity (Wildman–Crippen MR) is 84.3 cm³/mol. The van der Waals surface area contributed by atoms with E-state index in [0.717, 1.165) is 27.4 Å². The molecule has 0 saturated heterocycles. The molecule has 0 N–H and O–H groups in total. The molecule has 0 aliphatic rings. The fourth-order valence-corrected chi connectivity index (χ4v) is 2.98. The molecule has 0 radical (unpaired) electrons. The quantitative estimate of drug-likeness (QED) is 0.720. The van der Waals surface area contributed by atoms with Crippen molar-refractivity contribution in [3.05, 3.63) is 60.2 Å². The Morgan fingerprint density at radius 1 is 1.00 bits per heavy atom. The molecule has 102 valence electrons. The van der Waals surface area contributed by atoms with Gasteiger partial charge in [0.1, 0.15) is 17.5 Å². The van der Waals surface area contributed by atoms with Crippen LogP contribution in [-0.2, 0) is 0 Å². The lowest BCUT2D eigenvalue weighted by Gasteiger charge is -2.02. The van der Waals surface area contributed by atoms with E-state index in [9.17, 15) is 5.26 Å². The van der Waals surface area contributed by atoms with Crippen LogP contribution in [0.3, 0.4) is 0 Å². The smallest absolute Gasteiger partial charge is 0.118 e. The van der Waals surface area contributed by atoms with Crippen molar-refractivity contribution in [1.82, 2.24) is 4.37 Å². The summed E-state index contributed by atoms with van der Waals surface area (Å²) in [5.41, 5.74) is 3.29. The first kappa shape index (κ1) is 13.3. The summed E-state index contributed by atoms with van der Waals surface area (Å²) in [5, 5.41) is 9.50. The zero-order chi connectivity index (χ0) is 14.7. The minimum atomic E-state index is 0.622. The van der Waals surface area contributed by atoms with Crippen LogP contribution in [0.5, 0.6) is 5.75 Å². The fraction of sp³-hybridized carbons (Fsp3) is 0.0588. The van der Waals surface area contributed by atoms with Gasteiger partial charge in [0.2, 0.25) is 0 Å². The molecule has 3 rings (SSSR count).